The van der Waals surface area contributed by atoms with Gasteiger partial charge < -0.3 is 19.5 Å². The van der Waals surface area contributed by atoms with E-state index >= 15 is 0 Å². The van der Waals surface area contributed by atoms with E-state index < -0.39 is 11.7 Å². The lowest BCUT2D eigenvalue weighted by Crippen LogP contribution is -2.63. The number of hydrogen-bond donors (Lipinski definition) is 1. The van der Waals surface area contributed by atoms with Crippen LogP contribution in [0.15, 0.2) is 18.3 Å². The molecule has 2 saturated heterocycles. The minimum Gasteiger partial charge on any atom is -0.478 e. The Bertz CT molecular complexity index is 1120. The van der Waals surface area contributed by atoms with Crippen molar-refractivity contribution in [2.75, 3.05) is 13.2 Å². The minimum atomic E-state index is -0.541. The van der Waals surface area contributed by atoms with E-state index in [-0.39, 0.29) is 23.1 Å². The number of alkyl carbamates (subject to hydrolysis) is 1. The molecule has 10 heteroatoms. The Kier molecular flexibility index (Phi) is 9.79. The zero-order chi connectivity index (χ0) is 27.8. The number of rotatable bonds is 9. The SMILES string of the molecule is CCCCCOc1ccc2ncc(F)c(CCC34CCC(NC(=O)OC(C)(C)C)(CC3)CO4)c2n1.O=C=O. The molecule has 3 aliphatic rings. The molecule has 4 heterocycles. The van der Waals surface area contributed by atoms with Crippen LogP contribution in [-0.2, 0) is 25.5 Å². The van der Waals surface area contributed by atoms with Crippen LogP contribution in [0.25, 0.3) is 11.0 Å². The first-order valence-electron chi connectivity index (χ1n) is 13.3. The highest BCUT2D eigenvalue weighted by atomic mass is 19.1. The molecule has 1 saturated carbocycles. The molecule has 5 rings (SSSR count). The average molecular weight is 532 g/mol. The second-order valence-electron chi connectivity index (χ2n) is 11.1. The lowest BCUT2D eigenvalue weighted by atomic mass is 9.69. The molecule has 2 aromatic heterocycles. The Morgan fingerprint density at radius 3 is 2.50 bits per heavy atom. The zero-order valence-electron chi connectivity index (χ0n) is 22.7. The standard InChI is InChI=1S/C27H38FN3O4.CO2/c1-5-6-7-16-33-22-9-8-21-23(30-22)19(20(28)17-29-21)10-11-27-14-12-26(13-15-27,18-34-27)31-24(32)35-25(2,3)4;2-1-3/h8-9,17H,5-7,10-16,18H2,1-4H3,(H,31,32);. The quantitative estimate of drug-likeness (QED) is 0.434. The Morgan fingerprint density at radius 1 is 1.18 bits per heavy atom. The van der Waals surface area contributed by atoms with Crippen molar-refractivity contribution >= 4 is 23.3 Å². The summed E-state index contributed by atoms with van der Waals surface area (Å²) in [5.74, 6) is 0.155. The minimum absolute atomic E-state index is 0.250. The largest absolute Gasteiger partial charge is 0.478 e. The Hall–Kier alpha value is -3.10. The number of carbonyl (C=O) groups excluding carboxylic acids is 3. The lowest BCUT2D eigenvalue weighted by Gasteiger charge is -2.53. The van der Waals surface area contributed by atoms with Crippen LogP contribution >= 0.6 is 0 Å². The first kappa shape index (κ1) is 29.5. The van der Waals surface area contributed by atoms with Crippen molar-refractivity contribution in [3.8, 4) is 5.88 Å². The van der Waals surface area contributed by atoms with Crippen molar-refractivity contribution in [2.24, 2.45) is 0 Å². The van der Waals surface area contributed by atoms with Gasteiger partial charge in [-0.25, -0.2) is 14.2 Å². The second kappa shape index (κ2) is 12.6. The normalized spacial score (nSPS) is 22.2. The maximum absolute atomic E-state index is 14.9. The summed E-state index contributed by atoms with van der Waals surface area (Å²) in [4.78, 5) is 37.4. The maximum Gasteiger partial charge on any atom is 0.408 e. The number of aromatic nitrogens is 2. The number of carbonyl (C=O) groups is 1. The molecular weight excluding hydrogens is 493 g/mol. The molecular formula is C28H38FN3O6. The van der Waals surface area contributed by atoms with Gasteiger partial charge in [-0.15, -0.1) is 0 Å². The van der Waals surface area contributed by atoms with E-state index in [0.29, 0.717) is 48.5 Å². The average Bonchev–Trinajstić information content (AvgIpc) is 2.86. The Morgan fingerprint density at radius 2 is 1.89 bits per heavy atom. The van der Waals surface area contributed by atoms with Gasteiger partial charge in [-0.3, -0.25) is 4.98 Å². The van der Waals surface area contributed by atoms with E-state index in [9.17, 15) is 9.18 Å². The molecule has 2 aliphatic heterocycles. The summed E-state index contributed by atoms with van der Waals surface area (Å²) < 4.78 is 32.4. The molecule has 0 aromatic carbocycles. The number of aryl methyl sites for hydroxylation is 1. The van der Waals surface area contributed by atoms with E-state index in [1.54, 1.807) is 6.07 Å². The van der Waals surface area contributed by atoms with Crippen molar-refractivity contribution in [1.82, 2.24) is 15.3 Å². The fourth-order valence-electron chi connectivity index (χ4n) is 5.04. The number of nitrogens with zero attached hydrogens (tertiary/aromatic N) is 2. The Labute approximate surface area is 222 Å². The van der Waals surface area contributed by atoms with Gasteiger partial charge in [-0.1, -0.05) is 19.8 Å². The van der Waals surface area contributed by atoms with Crippen LogP contribution in [0.1, 0.15) is 84.6 Å². The monoisotopic (exact) mass is 531 g/mol. The Balaban J connectivity index is 0.00000127. The summed E-state index contributed by atoms with van der Waals surface area (Å²) in [6.07, 6.45) is 8.77. The van der Waals surface area contributed by atoms with Gasteiger partial charge >= 0.3 is 12.2 Å². The molecule has 2 aromatic rings. The molecule has 208 valence electrons. The van der Waals surface area contributed by atoms with Crippen LogP contribution in [-0.4, -0.2) is 52.2 Å². The summed E-state index contributed by atoms with van der Waals surface area (Å²) >= 11 is 0. The topological polar surface area (TPSA) is 117 Å². The molecule has 3 fully saturated rings. The molecule has 0 atom stereocenters. The number of nitrogens with one attached hydrogen (secondary N) is 1. The van der Waals surface area contributed by atoms with Gasteiger partial charge in [0.15, 0.2) is 0 Å². The third kappa shape index (κ3) is 7.71. The van der Waals surface area contributed by atoms with E-state index in [1.165, 1.54) is 6.20 Å². The van der Waals surface area contributed by atoms with Gasteiger partial charge in [0.25, 0.3) is 0 Å². The first-order valence-corrected chi connectivity index (χ1v) is 13.3. The maximum atomic E-state index is 14.9. The van der Waals surface area contributed by atoms with E-state index in [4.69, 9.17) is 23.8 Å². The van der Waals surface area contributed by atoms with E-state index in [2.05, 4.69) is 22.2 Å². The van der Waals surface area contributed by atoms with Crippen LogP contribution in [0.4, 0.5) is 9.18 Å². The highest BCUT2D eigenvalue weighted by molar-refractivity contribution is 5.78. The number of fused-ring (bicyclic) bond motifs is 4. The fourth-order valence-corrected chi connectivity index (χ4v) is 5.04. The van der Waals surface area contributed by atoms with E-state index in [0.717, 1.165) is 44.9 Å². The highest BCUT2D eigenvalue weighted by Crippen LogP contribution is 2.46. The van der Waals surface area contributed by atoms with Crippen molar-refractivity contribution < 1.29 is 33.0 Å². The van der Waals surface area contributed by atoms with Crippen molar-refractivity contribution in [3.05, 3.63) is 29.7 Å². The molecule has 0 unspecified atom stereocenters. The van der Waals surface area contributed by atoms with Crippen molar-refractivity contribution in [2.45, 2.75) is 102 Å². The van der Waals surface area contributed by atoms with Gasteiger partial charge in [0.05, 0.1) is 41.6 Å². The van der Waals surface area contributed by atoms with Crippen LogP contribution in [0.3, 0.4) is 0 Å². The summed E-state index contributed by atoms with van der Waals surface area (Å²) in [5, 5.41) is 3.05. The molecule has 0 spiro atoms. The molecule has 38 heavy (non-hydrogen) atoms. The predicted octanol–water partition coefficient (Wildman–Crippen LogP) is 5.29. The third-order valence-corrected chi connectivity index (χ3v) is 7.11. The van der Waals surface area contributed by atoms with Gasteiger partial charge in [0.1, 0.15) is 11.4 Å². The molecule has 2 bridgehead atoms. The second-order valence-corrected chi connectivity index (χ2v) is 11.1. The number of pyridine rings is 2. The third-order valence-electron chi connectivity index (χ3n) is 7.11. The number of unbranched alkanes of at least 4 members (excludes halogenated alkanes) is 2. The summed E-state index contributed by atoms with van der Waals surface area (Å²) in [7, 11) is 0. The molecule has 9 nitrogen and oxygen atoms in total. The molecule has 1 N–H and O–H groups in total. The lowest BCUT2D eigenvalue weighted by molar-refractivity contribution is -0.191. The van der Waals surface area contributed by atoms with Crippen LogP contribution in [0.2, 0.25) is 0 Å². The number of halogens is 1. The van der Waals surface area contributed by atoms with Gasteiger partial charge in [-0.05, 0) is 71.8 Å². The molecule has 0 radical (unpaired) electrons. The molecule has 1 amide bonds. The van der Waals surface area contributed by atoms with E-state index in [1.807, 2.05) is 26.8 Å². The number of ether oxygens (including phenoxy) is 3. The smallest absolute Gasteiger partial charge is 0.408 e. The number of hydrogen-bond acceptors (Lipinski definition) is 8. The molecule has 1 aliphatic carbocycles. The van der Waals surface area contributed by atoms with Crippen molar-refractivity contribution in [3.63, 3.8) is 0 Å². The zero-order valence-corrected chi connectivity index (χ0v) is 22.7. The van der Waals surface area contributed by atoms with Gasteiger partial charge in [0.2, 0.25) is 5.88 Å². The number of amides is 1. The summed E-state index contributed by atoms with van der Waals surface area (Å²) in [6, 6.07) is 3.64. The first-order chi connectivity index (χ1) is 18.0. The van der Waals surface area contributed by atoms with Crippen LogP contribution < -0.4 is 10.1 Å². The fraction of sp³-hybridized carbons (Fsp3) is 0.643. The summed E-state index contributed by atoms with van der Waals surface area (Å²) in [6.45, 7) is 8.75. The highest BCUT2D eigenvalue weighted by Gasteiger charge is 2.50. The summed E-state index contributed by atoms with van der Waals surface area (Å²) in [5.41, 5.74) is 0.537. The van der Waals surface area contributed by atoms with Crippen LogP contribution in [0, 0.1) is 5.82 Å². The van der Waals surface area contributed by atoms with Crippen molar-refractivity contribution in [1.29, 1.82) is 0 Å². The van der Waals surface area contributed by atoms with Crippen LogP contribution in [0.5, 0.6) is 5.88 Å². The van der Waals surface area contributed by atoms with Gasteiger partial charge in [-0.2, -0.15) is 9.59 Å². The van der Waals surface area contributed by atoms with Gasteiger partial charge in [0, 0.05) is 11.6 Å². The predicted molar refractivity (Wildman–Crippen MR) is 137 cm³/mol.